The van der Waals surface area contributed by atoms with E-state index in [0.29, 0.717) is 106 Å². The van der Waals surface area contributed by atoms with Crippen LogP contribution < -0.4 is 54.3 Å². The summed E-state index contributed by atoms with van der Waals surface area (Å²) in [6.45, 7) is 15.6. The van der Waals surface area contributed by atoms with E-state index in [1.54, 1.807) is 79.0 Å². The number of amides is 4. The third-order valence-corrected chi connectivity index (χ3v) is 22.5. The van der Waals surface area contributed by atoms with Crippen molar-refractivity contribution in [1.29, 1.82) is 0 Å². The molecule has 678 valence electrons. The molecule has 26 heteroatoms. The Labute approximate surface area is 786 Å². The lowest BCUT2D eigenvalue weighted by molar-refractivity contribution is -0.138. The first-order chi connectivity index (χ1) is 64.8. The maximum absolute atomic E-state index is 14.6. The van der Waals surface area contributed by atoms with Gasteiger partial charge in [-0.3, -0.25) is 19.5 Å². The highest BCUT2D eigenvalue weighted by atomic mass is 35.5. The number of fused-ring (bicyclic) bond motifs is 4. The Bertz CT molecular complexity index is 7300. The van der Waals surface area contributed by atoms with Crippen LogP contribution in [-0.4, -0.2) is 131 Å². The number of piperazine rings is 1. The van der Waals surface area contributed by atoms with Gasteiger partial charge >= 0.3 is 12.2 Å². The lowest BCUT2D eigenvalue weighted by atomic mass is 10.0. The second-order valence-corrected chi connectivity index (χ2v) is 33.8. The number of urea groups is 1. The second-order valence-electron chi connectivity index (χ2n) is 33.4. The van der Waals surface area contributed by atoms with E-state index in [4.69, 9.17) is 39.3 Å². The quantitative estimate of drug-likeness (QED) is 0.0361. The number of aryl methyl sites for hydroxylation is 3. The van der Waals surface area contributed by atoms with Crippen LogP contribution in [0.5, 0.6) is 5.75 Å². The highest BCUT2D eigenvalue weighted by Crippen LogP contribution is 2.36. The number of carbonyl (C=O) groups is 3. The van der Waals surface area contributed by atoms with E-state index in [9.17, 15) is 31.9 Å². The molecule has 0 aliphatic carbocycles. The average molecular weight is 1820 g/mol. The van der Waals surface area contributed by atoms with Gasteiger partial charge in [-0.05, 0) is 229 Å². The molecule has 1 saturated heterocycles. The number of likely N-dealkylation sites (N-methyl/N-ethyl adjacent to an activating group) is 2. The first-order valence-corrected chi connectivity index (χ1v) is 43.8. The SMILES string of the molecule is CC1(C)CN=C(c2ccc(C#Cc3cc(N)nc4ccccc34)cc2F)N1.Cc1cc(NC(=O)Nc2ccc(C#Cc3cc(N)nc4ccccc34)cc2)ccc1Cl.Cc1ccc(C(=O)NCc2ccc(OCCN(C)C)cc2)cc1C#Cc1cc(N)nc2ccccc12.Cc1ccc(C(=O)Nc2ccc(CN3CCN(C)CC3)c(C(F)(F)F)c2)cc1C#Cc1c(N)ncc2ccccc12. The molecule has 0 spiro atoms. The van der Waals surface area contributed by atoms with E-state index in [-0.39, 0.29) is 46.7 Å². The molecule has 2 aliphatic heterocycles. The maximum atomic E-state index is 14.6. The van der Waals surface area contributed by atoms with Crippen LogP contribution in [0, 0.1) is 74.0 Å². The highest BCUT2D eigenvalue weighted by molar-refractivity contribution is 6.31. The molecule has 4 amide bonds. The number of alkyl halides is 3. The van der Waals surface area contributed by atoms with Gasteiger partial charge in [-0.25, -0.2) is 29.1 Å². The summed E-state index contributed by atoms with van der Waals surface area (Å²) in [4.78, 5) is 66.0. The summed E-state index contributed by atoms with van der Waals surface area (Å²) in [7, 11) is 6.02. The molecule has 17 rings (SSSR count). The predicted octanol–water partition coefficient (Wildman–Crippen LogP) is 19.2. The minimum atomic E-state index is -4.55. The maximum Gasteiger partial charge on any atom is 0.416 e. The fourth-order valence-corrected chi connectivity index (χ4v) is 14.8. The van der Waals surface area contributed by atoms with Crippen LogP contribution in [0.4, 0.5) is 62.7 Å². The van der Waals surface area contributed by atoms with Crippen molar-refractivity contribution < 1.29 is 36.7 Å². The molecule has 6 heterocycles. The van der Waals surface area contributed by atoms with Crippen LogP contribution in [-0.2, 0) is 19.3 Å². The first-order valence-electron chi connectivity index (χ1n) is 43.4. The highest BCUT2D eigenvalue weighted by Gasteiger charge is 2.35. The van der Waals surface area contributed by atoms with Crippen molar-refractivity contribution >= 4 is 119 Å². The summed E-state index contributed by atoms with van der Waals surface area (Å²) in [5, 5.41) is 19.7. The van der Waals surface area contributed by atoms with Crippen molar-refractivity contribution in [3.05, 3.63) is 366 Å². The fourth-order valence-electron chi connectivity index (χ4n) is 14.7. The number of nitrogens with one attached hydrogen (secondary N) is 5. The zero-order chi connectivity index (χ0) is 95.5. The smallest absolute Gasteiger partial charge is 0.416 e. The third-order valence-electron chi connectivity index (χ3n) is 22.1. The minimum absolute atomic E-state index is 0.0762. The Kier molecular flexibility index (Phi) is 30.4. The van der Waals surface area contributed by atoms with Crippen molar-refractivity contribution in [1.82, 2.24) is 45.3 Å². The number of rotatable bonds is 14. The number of aromatic nitrogens is 4. The molecular formula is C109H98ClF4N17O4. The Hall–Kier alpha value is -16.1. The van der Waals surface area contributed by atoms with Crippen molar-refractivity contribution in [2.24, 2.45) is 4.99 Å². The van der Waals surface area contributed by atoms with E-state index in [0.717, 1.165) is 125 Å². The van der Waals surface area contributed by atoms with Gasteiger partial charge in [0.2, 0.25) is 0 Å². The molecule has 0 atom stereocenters. The van der Waals surface area contributed by atoms with E-state index < -0.39 is 17.6 Å². The zero-order valence-electron chi connectivity index (χ0n) is 75.6. The number of hydrogen-bond acceptors (Lipinski definition) is 17. The van der Waals surface area contributed by atoms with Crippen molar-refractivity contribution in [3.63, 3.8) is 0 Å². The number of benzene rings is 11. The Morgan fingerprint density at radius 3 is 1.61 bits per heavy atom. The summed E-state index contributed by atoms with van der Waals surface area (Å²) in [5.74, 6) is 27.0. The lowest BCUT2D eigenvalue weighted by Crippen LogP contribution is -2.44. The summed E-state index contributed by atoms with van der Waals surface area (Å²) in [5.41, 5.74) is 37.8. The number of amidine groups is 1. The molecule has 21 nitrogen and oxygen atoms in total. The monoisotopic (exact) mass is 1820 g/mol. The largest absolute Gasteiger partial charge is 0.492 e. The fraction of sp³-hybridized carbons (Fsp3) is 0.174. The van der Waals surface area contributed by atoms with E-state index >= 15 is 0 Å². The van der Waals surface area contributed by atoms with Crippen LogP contribution in [0.3, 0.4) is 0 Å². The molecular weight excluding hydrogens is 1720 g/mol. The summed E-state index contributed by atoms with van der Waals surface area (Å²) in [6, 6.07) is 75.6. The van der Waals surface area contributed by atoms with Gasteiger partial charge < -0.3 is 64.1 Å². The van der Waals surface area contributed by atoms with E-state index in [2.05, 4.69) is 109 Å². The van der Waals surface area contributed by atoms with Crippen LogP contribution in [0.1, 0.15) is 118 Å². The lowest BCUT2D eigenvalue weighted by Gasteiger charge is -2.33. The van der Waals surface area contributed by atoms with Crippen molar-refractivity contribution in [3.8, 4) is 53.1 Å². The number of aliphatic imine (C=N–C) groups is 1. The summed E-state index contributed by atoms with van der Waals surface area (Å²) < 4.78 is 62.3. The van der Waals surface area contributed by atoms with Crippen molar-refractivity contribution in [2.75, 3.05) is 106 Å². The number of nitrogen functional groups attached to an aromatic ring is 4. The molecule has 0 bridgehead atoms. The molecule has 4 aromatic heterocycles. The Morgan fingerprint density at radius 1 is 0.533 bits per heavy atom. The normalized spacial score (nSPS) is 12.6. The van der Waals surface area contributed by atoms with Crippen LogP contribution in [0.15, 0.2) is 266 Å². The summed E-state index contributed by atoms with van der Waals surface area (Å²) >= 11 is 6.01. The number of para-hydroxylation sites is 3. The van der Waals surface area contributed by atoms with Crippen LogP contribution >= 0.6 is 11.6 Å². The number of ether oxygens (including phenoxy) is 1. The molecule has 2 aliphatic rings. The number of anilines is 7. The molecule has 11 aromatic carbocycles. The Morgan fingerprint density at radius 2 is 1.04 bits per heavy atom. The molecule has 135 heavy (non-hydrogen) atoms. The van der Waals surface area contributed by atoms with Gasteiger partial charge in [0, 0.05) is 151 Å². The molecule has 0 radical (unpaired) electrons. The number of halogens is 5. The summed E-state index contributed by atoms with van der Waals surface area (Å²) in [6.07, 6.45) is -2.86. The third kappa shape index (κ3) is 25.8. The topological polar surface area (TPSA) is 298 Å². The van der Waals surface area contributed by atoms with Gasteiger partial charge in [0.05, 0.1) is 45.3 Å². The van der Waals surface area contributed by atoms with Gasteiger partial charge in [0.1, 0.15) is 47.3 Å². The van der Waals surface area contributed by atoms with Crippen molar-refractivity contribution in [2.45, 2.75) is 59.4 Å². The standard InChI is InChI=1S/C32H30F3N5O.C30H30N4O2.C25H19ClN4O.C22H19FN4/c1-21-7-8-23(17-22(21)10-12-28-27-6-4-3-5-24(27)19-37-30(28)36)31(41)38-26-11-9-25(29(18-26)32(33,34)35)20-40-15-13-39(2)14-16-40;1-21-8-11-25(30(35)32-20-22-9-14-26(15-10-22)36-17-16-34(2)3)18-23(21)12-13-24-19-29(31)33-28-7-5-4-6-27(24)28;1-16-14-20(12-13-22(16)26)29-25(31)28-19-10-7-17(8-11-19)6-9-18-15-24(27)30-23-5-3-2-4-21(18)23;1-22(2)13-25-21(27-22)17-10-8-14(11-18(17)23)7-9-15-12-20(24)26-19-6-4-3-5-16(15)19/h3-9,11,17-19H,13-16,20H2,1-2H3,(H2,36,37)(H,38,41);4-11,14-15,18-19H,16-17,20H2,1-3H3,(H2,31,33)(H,32,35);2-5,7-8,10-15H,1H3,(H2,27,30)(H2,28,29,31);3-6,8,10-12H,13H2,1-2H3,(H2,24,26)(H,25,27). The van der Waals surface area contributed by atoms with Crippen LogP contribution in [0.25, 0.3) is 43.5 Å². The zero-order valence-corrected chi connectivity index (χ0v) is 76.4. The number of hydrogen-bond donors (Lipinski definition) is 9. The molecule has 15 aromatic rings. The minimum Gasteiger partial charge on any atom is -0.492 e. The number of nitrogens with two attached hydrogens (primary N) is 4. The number of nitrogens with zero attached hydrogens (tertiary/aromatic N) is 8. The Balaban J connectivity index is 0.000000146. The van der Waals surface area contributed by atoms with Crippen LogP contribution in [0.2, 0.25) is 5.02 Å². The van der Waals surface area contributed by atoms with Gasteiger partial charge in [0.15, 0.2) is 0 Å². The number of carbonyl (C=O) groups excluding carboxylic acids is 3. The first kappa shape index (κ1) is 95.0. The van der Waals surface area contributed by atoms with Gasteiger partial charge in [-0.1, -0.05) is 168 Å². The predicted molar refractivity (Wildman–Crippen MR) is 535 cm³/mol. The average Bonchev–Trinajstić information content (AvgIpc) is 1.43. The van der Waals surface area contributed by atoms with Gasteiger partial charge in [-0.15, -0.1) is 0 Å². The molecule has 1 fully saturated rings. The number of pyridine rings is 4. The van der Waals surface area contributed by atoms with Gasteiger partial charge in [0.25, 0.3) is 11.8 Å². The molecule has 0 saturated carbocycles. The van der Waals surface area contributed by atoms with Gasteiger partial charge in [-0.2, -0.15) is 13.2 Å². The second kappa shape index (κ2) is 43.3. The van der Waals surface area contributed by atoms with E-state index in [1.807, 2.05) is 218 Å². The molecule has 0 unspecified atom stereocenters. The molecule has 13 N–H and O–H groups in total. The van der Waals surface area contributed by atoms with E-state index in [1.165, 1.54) is 18.2 Å².